The second-order valence-electron chi connectivity index (χ2n) is 13.5. The van der Waals surface area contributed by atoms with Crippen LogP contribution in [-0.4, -0.2) is 37.4 Å². The maximum atomic E-state index is 5.06. The van der Waals surface area contributed by atoms with Crippen LogP contribution >= 0.6 is 15.8 Å². The van der Waals surface area contributed by atoms with Gasteiger partial charge in [-0.2, -0.15) is 0 Å². The van der Waals surface area contributed by atoms with E-state index in [-0.39, 0.29) is 15.8 Å². The Labute approximate surface area is 222 Å². The zero-order chi connectivity index (χ0) is 26.4. The van der Waals surface area contributed by atoms with Gasteiger partial charge in [-0.15, -0.1) is 0 Å². The number of hydrogen-bond acceptors (Lipinski definition) is 0. The Hall–Kier alpha value is -0.336. The first-order chi connectivity index (χ1) is 15.3. The monoisotopic (exact) mass is 544 g/mol. The van der Waals surface area contributed by atoms with Crippen molar-refractivity contribution in [3.63, 3.8) is 0 Å². The van der Waals surface area contributed by atoms with Gasteiger partial charge in [0.15, 0.2) is 0 Å². The van der Waals surface area contributed by atoms with Crippen molar-refractivity contribution in [1.82, 2.24) is 0 Å². The summed E-state index contributed by atoms with van der Waals surface area (Å²) in [6, 6.07) is 20.2. The molecule has 0 aliphatic rings. The fourth-order valence-corrected chi connectivity index (χ4v) is 15.1. The molecule has 0 amide bonds. The molecule has 0 saturated carbocycles. The van der Waals surface area contributed by atoms with Crippen LogP contribution < -0.4 is 0 Å². The quantitative estimate of drug-likeness (QED) is 0.259. The predicted molar refractivity (Wildman–Crippen MR) is 161 cm³/mol. The summed E-state index contributed by atoms with van der Waals surface area (Å²) in [7, 11) is -0.729. The van der Waals surface area contributed by atoms with E-state index in [9.17, 15) is 0 Å². The van der Waals surface area contributed by atoms with Crippen LogP contribution in [0.2, 0.25) is 0 Å². The Morgan fingerprint density at radius 1 is 0.500 bits per heavy atom. The van der Waals surface area contributed by atoms with Crippen molar-refractivity contribution in [2.75, 3.05) is 12.3 Å². The molecule has 0 aromatic heterocycles. The van der Waals surface area contributed by atoms with E-state index in [2.05, 4.69) is 83.1 Å². The first kappa shape index (κ1) is 31.7. The van der Waals surface area contributed by atoms with Crippen LogP contribution in [0.25, 0.3) is 0 Å². The third-order valence-electron chi connectivity index (χ3n) is 6.27. The molecule has 0 N–H and O–H groups in total. The van der Waals surface area contributed by atoms with Gasteiger partial charge in [0.2, 0.25) is 0 Å². The summed E-state index contributed by atoms with van der Waals surface area (Å²) in [4.78, 5) is 0. The summed E-state index contributed by atoms with van der Waals surface area (Å²) < 4.78 is 0.950. The molecule has 3 heteroatoms. The summed E-state index contributed by atoms with van der Waals surface area (Å²) in [5, 5.41) is 2.02. The van der Waals surface area contributed by atoms with Crippen molar-refractivity contribution >= 4 is 20.3 Å². The fraction of sp³-hybridized carbons (Fsp3) is 0.581. The molecule has 0 nitrogen and oxygen atoms in total. The molecule has 0 aliphatic carbocycles. The summed E-state index contributed by atoms with van der Waals surface area (Å²) in [5.41, 5.74) is 2.25. The van der Waals surface area contributed by atoms with Crippen molar-refractivity contribution in [3.05, 3.63) is 71.8 Å². The third kappa shape index (κ3) is 10.7. The molecular weight excluding hydrogens is 493 g/mol. The summed E-state index contributed by atoms with van der Waals surface area (Å²) in [5.74, 6) is 0. The van der Waals surface area contributed by atoms with Crippen LogP contribution in [0.1, 0.15) is 94.2 Å². The topological polar surface area (TPSA) is 0 Å². The van der Waals surface area contributed by atoms with E-state index >= 15 is 0 Å². The Kier molecular flexibility index (Phi) is 11.9. The molecule has 0 saturated heterocycles. The van der Waals surface area contributed by atoms with E-state index in [1.54, 1.807) is 0 Å². The first-order valence-electron chi connectivity index (χ1n) is 12.7. The number of hydrogen-bond donors (Lipinski definition) is 0. The summed E-state index contributed by atoms with van der Waals surface area (Å²) >= 11 is 5.06. The van der Waals surface area contributed by atoms with E-state index in [0.717, 1.165) is 15.6 Å². The summed E-state index contributed by atoms with van der Waals surface area (Å²) in [6.07, 6.45) is 2.97. The molecule has 0 atom stereocenters. The minimum absolute atomic E-state index is 0.364. The second kappa shape index (κ2) is 12.8. The van der Waals surface area contributed by atoms with Gasteiger partial charge in [-0.05, 0) is 83.1 Å². The van der Waals surface area contributed by atoms with Gasteiger partial charge in [0.05, 0.1) is 32.9 Å². The van der Waals surface area contributed by atoms with Crippen molar-refractivity contribution in [2.45, 2.75) is 104 Å². The van der Waals surface area contributed by atoms with Gasteiger partial charge < -0.3 is 0 Å². The van der Waals surface area contributed by atoms with Crippen molar-refractivity contribution in [3.8, 4) is 0 Å². The third-order valence-corrected chi connectivity index (χ3v) is 16.1. The molecule has 34 heavy (non-hydrogen) atoms. The van der Waals surface area contributed by atoms with Crippen LogP contribution in [0.3, 0.4) is 0 Å². The first-order valence-corrected chi connectivity index (χ1v) is 16.6. The fourth-order valence-electron chi connectivity index (χ4n) is 5.32. The molecule has 194 valence electrons. The minimum atomic E-state index is -0.364. The van der Waals surface area contributed by atoms with Gasteiger partial charge in [-0.3, -0.25) is 0 Å². The Morgan fingerprint density at radius 2 is 0.735 bits per heavy atom. The van der Waals surface area contributed by atoms with Crippen LogP contribution in [0.15, 0.2) is 60.7 Å². The normalized spacial score (nSPS) is 13.1. The van der Waals surface area contributed by atoms with Gasteiger partial charge in [0.25, 0.3) is 0 Å². The maximum absolute atomic E-state index is 5.06. The Morgan fingerprint density at radius 3 is 0.941 bits per heavy atom. The summed E-state index contributed by atoms with van der Waals surface area (Å²) in [6.45, 7) is 29.6. The molecule has 0 spiro atoms. The van der Waals surface area contributed by atoms with E-state index in [0.29, 0.717) is 20.6 Å². The second-order valence-corrected chi connectivity index (χ2v) is 22.9. The van der Waals surface area contributed by atoms with E-state index in [1.807, 2.05) is 60.7 Å². The number of benzene rings is 2. The average Bonchev–Trinajstić information content (AvgIpc) is 2.68. The number of rotatable bonds is 5. The van der Waals surface area contributed by atoms with Crippen LogP contribution in [0.5, 0.6) is 0 Å². The molecule has 2 aromatic rings. The van der Waals surface area contributed by atoms with Crippen LogP contribution in [0, 0.1) is 0 Å². The average molecular weight is 545 g/mol. The van der Waals surface area contributed by atoms with Gasteiger partial charge >= 0.3 is 91.3 Å². The van der Waals surface area contributed by atoms with Crippen LogP contribution in [-0.2, 0) is 15.0 Å². The molecule has 0 aliphatic heterocycles. The van der Waals surface area contributed by atoms with E-state index < -0.39 is 0 Å². The van der Waals surface area contributed by atoms with Gasteiger partial charge in [0.1, 0.15) is 0 Å². The SMILES string of the molecule is CC(C)(C)[PH+](CC[PH+](C(C)(C)C)C(C)(C)C)C(C)(C)C.[Ni]=[C](c1ccccc1)c1ccccc1. The van der Waals surface area contributed by atoms with E-state index in [1.165, 1.54) is 12.3 Å². The van der Waals surface area contributed by atoms with Crippen LogP contribution in [0.4, 0.5) is 0 Å². The zero-order valence-corrected chi connectivity index (χ0v) is 27.0. The standard InChI is InChI=1S/C18H40P2.C13H10.Ni/c1-15(2,3)19(16(4,5)6)13-14-20(17(7,8)9)18(10,11)12;1-3-7-12(8-4-1)11-13-9-5-2-6-10-13;/h13-14H2,1-12H3;1-10H;/p+2. The molecule has 0 radical (unpaired) electrons. The molecule has 0 bridgehead atoms. The molecular formula is C31H52NiP2+2. The van der Waals surface area contributed by atoms with Gasteiger partial charge in [0, 0.05) is 15.8 Å². The van der Waals surface area contributed by atoms with Gasteiger partial charge in [-0.1, -0.05) is 0 Å². The van der Waals surface area contributed by atoms with Gasteiger partial charge in [-0.25, -0.2) is 0 Å². The Balaban J connectivity index is 0.000000358. The Bertz CT molecular complexity index is 759. The van der Waals surface area contributed by atoms with E-state index in [4.69, 9.17) is 15.0 Å². The van der Waals surface area contributed by atoms with Crippen molar-refractivity contribution in [1.29, 1.82) is 0 Å². The predicted octanol–water partition coefficient (Wildman–Crippen LogP) is 9.41. The van der Waals surface area contributed by atoms with Crippen molar-refractivity contribution < 1.29 is 15.0 Å². The molecule has 2 rings (SSSR count). The molecule has 0 fully saturated rings. The van der Waals surface area contributed by atoms with Crippen molar-refractivity contribution in [2.24, 2.45) is 0 Å². The molecule has 0 unspecified atom stereocenters. The molecule has 0 heterocycles. The zero-order valence-electron chi connectivity index (χ0n) is 24.0. The molecule has 2 aromatic carbocycles.